The summed E-state index contributed by atoms with van der Waals surface area (Å²) in [5.41, 5.74) is 9.84. The summed E-state index contributed by atoms with van der Waals surface area (Å²) >= 11 is 0. The highest BCUT2D eigenvalue weighted by molar-refractivity contribution is 5.94. The molecule has 0 aromatic heterocycles. The lowest BCUT2D eigenvalue weighted by Crippen LogP contribution is -2.15. The van der Waals surface area contributed by atoms with Crippen LogP contribution in [0.4, 0.5) is 0 Å². The van der Waals surface area contributed by atoms with E-state index < -0.39 is 0 Å². The fraction of sp³-hybridized carbons (Fsp3) is 0.381. The van der Waals surface area contributed by atoms with E-state index in [4.69, 9.17) is 5.73 Å². The topological polar surface area (TPSA) is 43.1 Å². The molecule has 0 heterocycles. The quantitative estimate of drug-likeness (QED) is 0.658. The molecule has 2 heteroatoms. The van der Waals surface area contributed by atoms with Crippen molar-refractivity contribution in [1.82, 2.24) is 0 Å². The SMILES string of the molecule is CCCCCCCc1cccc(C(N)=O)c1Cc1ccccc1. The molecule has 122 valence electrons. The first-order chi connectivity index (χ1) is 11.2. The Morgan fingerprint density at radius 3 is 2.35 bits per heavy atom. The van der Waals surface area contributed by atoms with E-state index in [1.165, 1.54) is 43.2 Å². The van der Waals surface area contributed by atoms with Gasteiger partial charge in [-0.05, 0) is 42.0 Å². The fourth-order valence-corrected chi connectivity index (χ4v) is 3.03. The van der Waals surface area contributed by atoms with E-state index in [1.807, 2.05) is 30.3 Å². The first-order valence-corrected chi connectivity index (χ1v) is 8.67. The third kappa shape index (κ3) is 5.24. The summed E-state index contributed by atoms with van der Waals surface area (Å²) in [7, 11) is 0. The summed E-state index contributed by atoms with van der Waals surface area (Å²) < 4.78 is 0. The number of hydrogen-bond acceptors (Lipinski definition) is 1. The van der Waals surface area contributed by atoms with Gasteiger partial charge in [0.15, 0.2) is 0 Å². The molecule has 0 atom stereocenters. The smallest absolute Gasteiger partial charge is 0.248 e. The average molecular weight is 309 g/mol. The molecule has 0 unspecified atom stereocenters. The van der Waals surface area contributed by atoms with Crippen molar-refractivity contribution < 1.29 is 4.79 Å². The van der Waals surface area contributed by atoms with Gasteiger partial charge in [0.05, 0.1) is 0 Å². The number of amides is 1. The Labute approximate surface area is 139 Å². The van der Waals surface area contributed by atoms with Gasteiger partial charge in [-0.25, -0.2) is 0 Å². The molecule has 0 aliphatic carbocycles. The molecule has 0 fully saturated rings. The molecule has 2 nitrogen and oxygen atoms in total. The number of unbranched alkanes of at least 4 members (excludes halogenated alkanes) is 4. The highest BCUT2D eigenvalue weighted by Crippen LogP contribution is 2.21. The number of hydrogen-bond donors (Lipinski definition) is 1. The second-order valence-corrected chi connectivity index (χ2v) is 6.13. The van der Waals surface area contributed by atoms with Crippen LogP contribution in [0.5, 0.6) is 0 Å². The van der Waals surface area contributed by atoms with Crippen molar-refractivity contribution >= 4 is 5.91 Å². The first kappa shape index (κ1) is 17.3. The standard InChI is InChI=1S/C21H27NO/c1-2-3-4-5-9-13-18-14-10-15-19(21(22)23)20(18)16-17-11-7-6-8-12-17/h6-8,10-12,14-15H,2-5,9,13,16H2,1H3,(H2,22,23). The molecule has 0 saturated heterocycles. The molecule has 0 spiro atoms. The minimum atomic E-state index is -0.330. The molecule has 0 bridgehead atoms. The number of aryl methyl sites for hydroxylation is 1. The number of primary amides is 1. The van der Waals surface area contributed by atoms with Gasteiger partial charge in [0, 0.05) is 5.56 Å². The Morgan fingerprint density at radius 2 is 1.65 bits per heavy atom. The highest BCUT2D eigenvalue weighted by atomic mass is 16.1. The van der Waals surface area contributed by atoms with E-state index in [-0.39, 0.29) is 5.91 Å². The highest BCUT2D eigenvalue weighted by Gasteiger charge is 2.12. The van der Waals surface area contributed by atoms with Crippen LogP contribution < -0.4 is 5.73 Å². The van der Waals surface area contributed by atoms with Crippen LogP contribution in [0.3, 0.4) is 0 Å². The Hall–Kier alpha value is -2.09. The average Bonchev–Trinajstić information content (AvgIpc) is 2.56. The van der Waals surface area contributed by atoms with Gasteiger partial charge in [0.25, 0.3) is 0 Å². The lowest BCUT2D eigenvalue weighted by Gasteiger charge is -2.13. The minimum Gasteiger partial charge on any atom is -0.366 e. The molecule has 0 saturated carbocycles. The van der Waals surface area contributed by atoms with E-state index in [2.05, 4.69) is 25.1 Å². The van der Waals surface area contributed by atoms with Crippen LogP contribution in [0.2, 0.25) is 0 Å². The van der Waals surface area contributed by atoms with E-state index in [9.17, 15) is 4.79 Å². The molecule has 0 radical (unpaired) electrons. The van der Waals surface area contributed by atoms with E-state index >= 15 is 0 Å². The Morgan fingerprint density at radius 1 is 0.913 bits per heavy atom. The Kier molecular flexibility index (Phi) is 6.86. The maximum Gasteiger partial charge on any atom is 0.248 e. The van der Waals surface area contributed by atoms with E-state index in [1.54, 1.807) is 0 Å². The Balaban J connectivity index is 2.16. The second-order valence-electron chi connectivity index (χ2n) is 6.13. The summed E-state index contributed by atoms with van der Waals surface area (Å²) in [6, 6.07) is 16.2. The molecule has 2 aromatic carbocycles. The van der Waals surface area contributed by atoms with Gasteiger partial charge in [0.2, 0.25) is 5.91 Å². The maximum atomic E-state index is 11.8. The largest absolute Gasteiger partial charge is 0.366 e. The number of nitrogens with two attached hydrogens (primary N) is 1. The molecule has 2 aromatic rings. The van der Waals surface area contributed by atoms with Crippen LogP contribution in [0.25, 0.3) is 0 Å². The summed E-state index contributed by atoms with van der Waals surface area (Å²) in [6.07, 6.45) is 8.06. The number of rotatable bonds is 9. The zero-order valence-corrected chi connectivity index (χ0v) is 14.1. The van der Waals surface area contributed by atoms with Gasteiger partial charge < -0.3 is 5.73 Å². The zero-order chi connectivity index (χ0) is 16.5. The van der Waals surface area contributed by atoms with E-state index in [0.29, 0.717) is 5.56 Å². The van der Waals surface area contributed by atoms with Crippen molar-refractivity contribution in [2.24, 2.45) is 5.73 Å². The van der Waals surface area contributed by atoms with Crippen LogP contribution in [0.15, 0.2) is 48.5 Å². The van der Waals surface area contributed by atoms with Crippen molar-refractivity contribution in [3.63, 3.8) is 0 Å². The van der Waals surface area contributed by atoms with Gasteiger partial charge in [-0.3, -0.25) is 4.79 Å². The predicted molar refractivity (Wildman–Crippen MR) is 96.7 cm³/mol. The van der Waals surface area contributed by atoms with Gasteiger partial charge >= 0.3 is 0 Å². The third-order valence-electron chi connectivity index (χ3n) is 4.31. The molecular formula is C21H27NO. The summed E-state index contributed by atoms with van der Waals surface area (Å²) in [5.74, 6) is -0.330. The van der Waals surface area contributed by atoms with Gasteiger partial charge in [-0.2, -0.15) is 0 Å². The Bertz CT molecular complexity index is 619. The first-order valence-electron chi connectivity index (χ1n) is 8.67. The monoisotopic (exact) mass is 309 g/mol. The number of carbonyl (C=O) groups excluding carboxylic acids is 1. The van der Waals surface area contributed by atoms with Crippen molar-refractivity contribution in [3.05, 3.63) is 70.8 Å². The van der Waals surface area contributed by atoms with Gasteiger partial charge in [-0.15, -0.1) is 0 Å². The molecule has 23 heavy (non-hydrogen) atoms. The zero-order valence-electron chi connectivity index (χ0n) is 14.1. The predicted octanol–water partition coefficient (Wildman–Crippen LogP) is 4.89. The lowest BCUT2D eigenvalue weighted by atomic mass is 9.91. The number of carbonyl (C=O) groups is 1. The second kappa shape index (κ2) is 9.14. The molecular weight excluding hydrogens is 282 g/mol. The van der Waals surface area contributed by atoms with Gasteiger partial charge in [0.1, 0.15) is 0 Å². The van der Waals surface area contributed by atoms with Crippen molar-refractivity contribution in [2.45, 2.75) is 51.9 Å². The normalized spacial score (nSPS) is 10.7. The molecule has 2 N–H and O–H groups in total. The number of benzene rings is 2. The lowest BCUT2D eigenvalue weighted by molar-refractivity contribution is 0.0999. The molecule has 0 aliphatic heterocycles. The fourth-order valence-electron chi connectivity index (χ4n) is 3.03. The molecule has 2 rings (SSSR count). The van der Waals surface area contributed by atoms with Crippen LogP contribution in [-0.4, -0.2) is 5.91 Å². The van der Waals surface area contributed by atoms with Crippen LogP contribution in [-0.2, 0) is 12.8 Å². The minimum absolute atomic E-state index is 0.330. The van der Waals surface area contributed by atoms with Gasteiger partial charge in [-0.1, -0.05) is 75.1 Å². The molecule has 0 aliphatic rings. The van der Waals surface area contributed by atoms with Crippen LogP contribution >= 0.6 is 0 Å². The molecule has 1 amide bonds. The third-order valence-corrected chi connectivity index (χ3v) is 4.31. The van der Waals surface area contributed by atoms with Crippen molar-refractivity contribution in [2.75, 3.05) is 0 Å². The van der Waals surface area contributed by atoms with Crippen molar-refractivity contribution in [1.29, 1.82) is 0 Å². The van der Waals surface area contributed by atoms with E-state index in [0.717, 1.165) is 18.4 Å². The summed E-state index contributed by atoms with van der Waals surface area (Å²) in [6.45, 7) is 2.23. The summed E-state index contributed by atoms with van der Waals surface area (Å²) in [5, 5.41) is 0. The maximum absolute atomic E-state index is 11.8. The van der Waals surface area contributed by atoms with Crippen LogP contribution in [0.1, 0.15) is 66.1 Å². The van der Waals surface area contributed by atoms with Crippen molar-refractivity contribution in [3.8, 4) is 0 Å². The summed E-state index contributed by atoms with van der Waals surface area (Å²) in [4.78, 5) is 11.8. The van der Waals surface area contributed by atoms with Crippen LogP contribution in [0, 0.1) is 0 Å².